The number of anilines is 2. The number of benzene rings is 1. The number of thiophene rings is 1. The number of hydrogen-bond acceptors (Lipinski definition) is 8. The number of nitrogens with one attached hydrogen (secondary N) is 2. The lowest BCUT2D eigenvalue weighted by molar-refractivity contribution is 0.154. The number of rotatable bonds is 8. The molecule has 35 heavy (non-hydrogen) atoms. The molecule has 1 aliphatic heterocycles. The highest BCUT2D eigenvalue weighted by molar-refractivity contribution is 7.92. The molecule has 0 bridgehead atoms. The summed E-state index contributed by atoms with van der Waals surface area (Å²) >= 11 is 1.60. The van der Waals surface area contributed by atoms with Crippen LogP contribution in [0.2, 0.25) is 0 Å². The number of sulfonamides is 1. The van der Waals surface area contributed by atoms with Crippen molar-refractivity contribution < 1.29 is 8.42 Å². The molecule has 0 radical (unpaired) electrons. The zero-order chi connectivity index (χ0) is 22.7. The lowest BCUT2D eigenvalue weighted by atomic mass is 10.2. The summed E-state index contributed by atoms with van der Waals surface area (Å²) < 4.78 is 26.6. The standard InChI is InChI=1S/C22H30N6O2S2.3ClH/c1-16-15-24-22(23-7-4-8-28-11-9-27(2)10-12-28)25-21(16)20-13-17-5-6-18(14-19(17)31-20)26-32(3,29)30;;;/h5-6,13-15,26H,4,7-12H2,1-3H3,(H,23,24,25);3*1H. The van der Waals surface area contributed by atoms with Crippen molar-refractivity contribution in [3.63, 3.8) is 0 Å². The third kappa shape index (κ3) is 8.89. The van der Waals surface area contributed by atoms with Gasteiger partial charge in [0, 0.05) is 49.3 Å². The molecule has 0 aliphatic carbocycles. The molecule has 2 N–H and O–H groups in total. The number of aromatic nitrogens is 2. The largest absolute Gasteiger partial charge is 0.354 e. The number of aryl methyl sites for hydroxylation is 1. The molecule has 13 heteroatoms. The Labute approximate surface area is 230 Å². The van der Waals surface area contributed by atoms with Crippen LogP contribution in [0.5, 0.6) is 0 Å². The van der Waals surface area contributed by atoms with Crippen molar-refractivity contribution in [2.45, 2.75) is 13.3 Å². The number of likely N-dealkylation sites (N-methyl/N-ethyl adjacent to an activating group) is 1. The predicted octanol–water partition coefficient (Wildman–Crippen LogP) is 4.35. The fraction of sp³-hybridized carbons (Fsp3) is 0.455. The molecule has 1 aromatic carbocycles. The molecule has 0 amide bonds. The summed E-state index contributed by atoms with van der Waals surface area (Å²) in [4.78, 5) is 15.1. The van der Waals surface area contributed by atoms with Gasteiger partial charge in [-0.05, 0) is 56.1 Å². The molecule has 4 rings (SSSR count). The van der Waals surface area contributed by atoms with Crippen LogP contribution in [0.1, 0.15) is 12.0 Å². The van der Waals surface area contributed by atoms with Crippen molar-refractivity contribution in [3.8, 4) is 10.6 Å². The quantitative estimate of drug-likeness (QED) is 0.381. The Bertz CT molecular complexity index is 1200. The molecule has 8 nitrogen and oxygen atoms in total. The zero-order valence-corrected chi connectivity index (χ0v) is 24.1. The summed E-state index contributed by atoms with van der Waals surface area (Å²) in [5.74, 6) is 0.640. The third-order valence-electron chi connectivity index (χ3n) is 5.56. The maximum Gasteiger partial charge on any atom is 0.229 e. The van der Waals surface area contributed by atoms with E-state index in [1.807, 2.05) is 25.3 Å². The van der Waals surface area contributed by atoms with E-state index in [1.54, 1.807) is 17.4 Å². The van der Waals surface area contributed by atoms with Gasteiger partial charge < -0.3 is 15.1 Å². The SMILES string of the molecule is Cc1cnc(NCCCN2CCN(C)CC2)nc1-c1cc2ccc(NS(C)(=O)=O)cc2s1.Cl.Cl.Cl. The Hall–Kier alpha value is -1.40. The van der Waals surface area contributed by atoms with E-state index in [1.165, 1.54) is 0 Å². The minimum atomic E-state index is -3.30. The molecule has 0 atom stereocenters. The van der Waals surface area contributed by atoms with Crippen LogP contribution in [0.15, 0.2) is 30.5 Å². The van der Waals surface area contributed by atoms with Crippen molar-refractivity contribution in [2.75, 3.05) is 62.6 Å². The highest BCUT2D eigenvalue weighted by Crippen LogP contribution is 2.35. The van der Waals surface area contributed by atoms with Crippen LogP contribution >= 0.6 is 48.6 Å². The van der Waals surface area contributed by atoms with Crippen LogP contribution < -0.4 is 10.0 Å². The van der Waals surface area contributed by atoms with Crippen molar-refractivity contribution in [1.82, 2.24) is 19.8 Å². The van der Waals surface area contributed by atoms with Crippen LogP contribution in [0.4, 0.5) is 11.6 Å². The van der Waals surface area contributed by atoms with Crippen LogP contribution in [0.25, 0.3) is 20.7 Å². The number of fused-ring (bicyclic) bond motifs is 1. The minimum absolute atomic E-state index is 0. The molecule has 0 unspecified atom stereocenters. The second kappa shape index (κ2) is 13.8. The highest BCUT2D eigenvalue weighted by Gasteiger charge is 2.14. The second-order valence-electron chi connectivity index (χ2n) is 8.39. The summed E-state index contributed by atoms with van der Waals surface area (Å²) in [5.41, 5.74) is 2.48. The van der Waals surface area contributed by atoms with Crippen LogP contribution in [-0.2, 0) is 10.0 Å². The normalized spacial score (nSPS) is 14.5. The zero-order valence-electron chi connectivity index (χ0n) is 20.0. The maximum atomic E-state index is 11.5. The summed E-state index contributed by atoms with van der Waals surface area (Å²) in [6.45, 7) is 8.47. The van der Waals surface area contributed by atoms with Gasteiger partial charge in [-0.1, -0.05) is 6.07 Å². The summed E-state index contributed by atoms with van der Waals surface area (Å²) in [7, 11) is -1.13. The van der Waals surface area contributed by atoms with E-state index in [2.05, 4.69) is 37.9 Å². The molecule has 1 fully saturated rings. The van der Waals surface area contributed by atoms with Crippen LogP contribution in [0.3, 0.4) is 0 Å². The van der Waals surface area contributed by atoms with Gasteiger partial charge in [-0.3, -0.25) is 4.72 Å². The maximum absolute atomic E-state index is 11.5. The predicted molar refractivity (Wildman–Crippen MR) is 155 cm³/mol. The van der Waals surface area contributed by atoms with Crippen molar-refractivity contribution in [1.29, 1.82) is 0 Å². The summed E-state index contributed by atoms with van der Waals surface area (Å²) in [5, 5.41) is 4.43. The van der Waals surface area contributed by atoms with E-state index in [0.29, 0.717) is 11.6 Å². The Morgan fingerprint density at radius 3 is 2.49 bits per heavy atom. The van der Waals surface area contributed by atoms with Gasteiger partial charge >= 0.3 is 0 Å². The molecule has 3 aromatic rings. The van der Waals surface area contributed by atoms with E-state index in [0.717, 1.165) is 78.2 Å². The fourth-order valence-electron chi connectivity index (χ4n) is 3.78. The highest BCUT2D eigenvalue weighted by atomic mass is 35.5. The van der Waals surface area contributed by atoms with Gasteiger partial charge in [0.05, 0.1) is 16.8 Å². The third-order valence-corrected chi connectivity index (χ3v) is 7.27. The topological polar surface area (TPSA) is 90.5 Å². The average Bonchev–Trinajstić information content (AvgIpc) is 3.15. The molecule has 1 aliphatic rings. The lowest BCUT2D eigenvalue weighted by Gasteiger charge is -2.32. The Balaban J connectivity index is 0.00000204. The molecular weight excluding hydrogens is 551 g/mol. The lowest BCUT2D eigenvalue weighted by Crippen LogP contribution is -2.44. The number of piperazine rings is 1. The van der Waals surface area contributed by atoms with Gasteiger partial charge in [0.15, 0.2) is 0 Å². The molecular formula is C22H33Cl3N6O2S2. The van der Waals surface area contributed by atoms with Gasteiger partial charge in [-0.15, -0.1) is 48.6 Å². The molecule has 1 saturated heterocycles. The molecule has 0 saturated carbocycles. The first-order chi connectivity index (χ1) is 15.3. The van der Waals surface area contributed by atoms with E-state index in [9.17, 15) is 8.42 Å². The first-order valence-electron chi connectivity index (χ1n) is 10.8. The van der Waals surface area contributed by atoms with E-state index < -0.39 is 10.0 Å². The fourth-order valence-corrected chi connectivity index (χ4v) is 5.49. The number of hydrogen-bond donors (Lipinski definition) is 2. The smallest absolute Gasteiger partial charge is 0.229 e. The van der Waals surface area contributed by atoms with Gasteiger partial charge in [0.2, 0.25) is 16.0 Å². The Morgan fingerprint density at radius 2 is 1.80 bits per heavy atom. The summed E-state index contributed by atoms with van der Waals surface area (Å²) in [6.07, 6.45) is 4.06. The van der Waals surface area contributed by atoms with Gasteiger partial charge in [-0.2, -0.15) is 0 Å². The van der Waals surface area contributed by atoms with Gasteiger partial charge in [0.25, 0.3) is 0 Å². The van der Waals surface area contributed by atoms with E-state index in [4.69, 9.17) is 4.98 Å². The number of halogens is 3. The van der Waals surface area contributed by atoms with Gasteiger partial charge in [0.1, 0.15) is 0 Å². The van der Waals surface area contributed by atoms with E-state index in [-0.39, 0.29) is 37.2 Å². The van der Waals surface area contributed by atoms with E-state index >= 15 is 0 Å². The van der Waals surface area contributed by atoms with Crippen molar-refractivity contribution in [3.05, 3.63) is 36.0 Å². The van der Waals surface area contributed by atoms with Crippen LogP contribution in [-0.4, -0.2) is 80.8 Å². The first kappa shape index (κ1) is 31.6. The monoisotopic (exact) mass is 582 g/mol. The molecule has 0 spiro atoms. The van der Waals surface area contributed by atoms with Crippen LogP contribution in [0, 0.1) is 6.92 Å². The Morgan fingerprint density at radius 1 is 1.09 bits per heavy atom. The minimum Gasteiger partial charge on any atom is -0.354 e. The average molecular weight is 584 g/mol. The molecule has 196 valence electrons. The summed E-state index contributed by atoms with van der Waals surface area (Å²) in [6, 6.07) is 7.66. The van der Waals surface area contributed by atoms with Crippen molar-refractivity contribution in [2.24, 2.45) is 0 Å². The Kier molecular flexibility index (Phi) is 12.5. The molecule has 3 heterocycles. The first-order valence-corrected chi connectivity index (χ1v) is 13.5. The molecule has 2 aromatic heterocycles. The number of nitrogens with zero attached hydrogens (tertiary/aromatic N) is 4. The second-order valence-corrected chi connectivity index (χ2v) is 11.2. The van der Waals surface area contributed by atoms with Crippen molar-refractivity contribution >= 4 is 80.3 Å². The van der Waals surface area contributed by atoms with Gasteiger partial charge in [-0.25, -0.2) is 18.4 Å².